The van der Waals surface area contributed by atoms with Gasteiger partial charge in [-0.3, -0.25) is 4.79 Å². The highest BCUT2D eigenvalue weighted by molar-refractivity contribution is 6.31. The van der Waals surface area contributed by atoms with Gasteiger partial charge in [0.05, 0.1) is 16.1 Å². The van der Waals surface area contributed by atoms with Gasteiger partial charge < -0.3 is 0 Å². The minimum atomic E-state index is -0.487. The van der Waals surface area contributed by atoms with Crippen molar-refractivity contribution in [2.24, 2.45) is 0 Å². The van der Waals surface area contributed by atoms with Crippen LogP contribution in [-0.4, -0.2) is 10.2 Å². The number of rotatable bonds is 1. The van der Waals surface area contributed by atoms with Crippen LogP contribution in [-0.2, 0) is 0 Å². The Morgan fingerprint density at radius 3 is 2.58 bits per heavy atom. The smallest absolute Gasteiger partial charge is 0.267 e. The monoisotopic (exact) mass is 274 g/mol. The summed E-state index contributed by atoms with van der Waals surface area (Å²) in [5.74, 6) is -0.487. The number of fused-ring (bicyclic) bond motifs is 1. The molecule has 3 rings (SSSR count). The molecule has 0 aliphatic carbocycles. The molecule has 0 saturated heterocycles. The van der Waals surface area contributed by atoms with Crippen LogP contribution < -0.4 is 5.56 Å². The van der Waals surface area contributed by atoms with Gasteiger partial charge in [0.2, 0.25) is 0 Å². The Labute approximate surface area is 112 Å². The molecule has 94 valence electrons. The van der Waals surface area contributed by atoms with Crippen LogP contribution in [0.1, 0.15) is 0 Å². The Balaban J connectivity index is 2.34. The van der Waals surface area contributed by atoms with E-state index in [9.17, 15) is 9.18 Å². The molecule has 19 heavy (non-hydrogen) atoms. The Kier molecular flexibility index (Phi) is 2.80. The Morgan fingerprint density at radius 2 is 1.84 bits per heavy atom. The summed E-state index contributed by atoms with van der Waals surface area (Å²) in [6.07, 6.45) is 0. The van der Waals surface area contributed by atoms with Crippen LogP contribution in [0.3, 0.4) is 0 Å². The molecule has 1 heterocycles. The lowest BCUT2D eigenvalue weighted by Gasteiger charge is -2.05. The van der Waals surface area contributed by atoms with Crippen molar-refractivity contribution in [3.63, 3.8) is 0 Å². The molecule has 0 amide bonds. The summed E-state index contributed by atoms with van der Waals surface area (Å²) in [6.45, 7) is 0. The van der Waals surface area contributed by atoms with Gasteiger partial charge >= 0.3 is 0 Å². The fourth-order valence-corrected chi connectivity index (χ4v) is 2.16. The van der Waals surface area contributed by atoms with Gasteiger partial charge in [0.1, 0.15) is 5.82 Å². The normalized spacial score (nSPS) is 10.8. The summed E-state index contributed by atoms with van der Waals surface area (Å²) in [5, 5.41) is 7.72. The molecular formula is C14H8ClFN2O. The first kappa shape index (κ1) is 11.9. The van der Waals surface area contributed by atoms with E-state index >= 15 is 0 Å². The molecule has 3 nitrogen and oxygen atoms in total. The Hall–Kier alpha value is -2.20. The molecule has 3 aromatic rings. The van der Waals surface area contributed by atoms with Gasteiger partial charge in [-0.05, 0) is 24.3 Å². The van der Waals surface area contributed by atoms with Crippen molar-refractivity contribution in [1.82, 2.24) is 10.2 Å². The second kappa shape index (κ2) is 4.48. The number of H-pyrrole nitrogens is 1. The second-order valence-electron chi connectivity index (χ2n) is 4.08. The number of benzene rings is 2. The molecule has 0 radical (unpaired) electrons. The molecule has 1 aromatic heterocycles. The maximum Gasteiger partial charge on any atom is 0.272 e. The third-order valence-electron chi connectivity index (χ3n) is 2.89. The van der Waals surface area contributed by atoms with Crippen molar-refractivity contribution in [2.45, 2.75) is 0 Å². The van der Waals surface area contributed by atoms with Crippen LogP contribution in [0.15, 0.2) is 47.3 Å². The van der Waals surface area contributed by atoms with Gasteiger partial charge in [0.15, 0.2) is 0 Å². The molecule has 0 bridgehead atoms. The van der Waals surface area contributed by atoms with Gasteiger partial charge in [-0.25, -0.2) is 9.49 Å². The lowest BCUT2D eigenvalue weighted by Crippen LogP contribution is -2.09. The van der Waals surface area contributed by atoms with Gasteiger partial charge in [0.25, 0.3) is 5.56 Å². The predicted molar refractivity (Wildman–Crippen MR) is 72.8 cm³/mol. The molecule has 0 fully saturated rings. The van der Waals surface area contributed by atoms with E-state index < -0.39 is 5.82 Å². The summed E-state index contributed by atoms with van der Waals surface area (Å²) in [4.78, 5) is 11.7. The van der Waals surface area contributed by atoms with Gasteiger partial charge in [-0.2, -0.15) is 5.10 Å². The van der Waals surface area contributed by atoms with Crippen LogP contribution in [0.25, 0.3) is 22.0 Å². The SMILES string of the molecule is O=c1[nH]nc(-c2ccc(F)c(Cl)c2)c2ccccc12. The fourth-order valence-electron chi connectivity index (χ4n) is 1.98. The van der Waals surface area contributed by atoms with Gasteiger partial charge in [-0.1, -0.05) is 29.8 Å². The zero-order chi connectivity index (χ0) is 13.4. The Bertz CT molecular complexity index is 829. The number of aromatic nitrogens is 2. The van der Waals surface area contributed by atoms with E-state index in [2.05, 4.69) is 10.2 Å². The first-order chi connectivity index (χ1) is 9.16. The summed E-state index contributed by atoms with van der Waals surface area (Å²) >= 11 is 5.77. The summed E-state index contributed by atoms with van der Waals surface area (Å²) in [6, 6.07) is 11.4. The van der Waals surface area contributed by atoms with E-state index in [1.165, 1.54) is 12.1 Å². The van der Waals surface area contributed by atoms with E-state index in [1.807, 2.05) is 6.07 Å². The standard InChI is InChI=1S/C14H8ClFN2O/c15-11-7-8(5-6-12(11)16)13-9-3-1-2-4-10(9)14(19)18-17-13/h1-7H,(H,18,19). The number of hydrogen-bond acceptors (Lipinski definition) is 2. The zero-order valence-corrected chi connectivity index (χ0v) is 10.4. The molecule has 0 spiro atoms. The first-order valence-corrected chi connectivity index (χ1v) is 5.97. The molecule has 2 aromatic carbocycles. The van der Waals surface area contributed by atoms with Crippen LogP contribution in [0.4, 0.5) is 4.39 Å². The zero-order valence-electron chi connectivity index (χ0n) is 9.65. The van der Waals surface area contributed by atoms with E-state index in [4.69, 9.17) is 11.6 Å². The minimum absolute atomic E-state index is 0.0228. The molecule has 5 heteroatoms. The summed E-state index contributed by atoms with van der Waals surface area (Å²) < 4.78 is 13.2. The van der Waals surface area contributed by atoms with Crippen LogP contribution >= 0.6 is 11.6 Å². The number of aromatic amines is 1. The minimum Gasteiger partial charge on any atom is -0.267 e. The quantitative estimate of drug-likeness (QED) is 0.739. The van der Waals surface area contributed by atoms with E-state index in [0.29, 0.717) is 22.0 Å². The molecular weight excluding hydrogens is 267 g/mol. The molecule has 1 N–H and O–H groups in total. The largest absolute Gasteiger partial charge is 0.272 e. The lowest BCUT2D eigenvalue weighted by atomic mass is 10.1. The van der Waals surface area contributed by atoms with Crippen molar-refractivity contribution in [2.75, 3.05) is 0 Å². The van der Waals surface area contributed by atoms with E-state index in [0.717, 1.165) is 0 Å². The molecule has 0 atom stereocenters. The van der Waals surface area contributed by atoms with E-state index in [-0.39, 0.29) is 10.6 Å². The molecule has 0 saturated carbocycles. The third-order valence-corrected chi connectivity index (χ3v) is 3.18. The highest BCUT2D eigenvalue weighted by Crippen LogP contribution is 2.27. The van der Waals surface area contributed by atoms with E-state index in [1.54, 1.807) is 24.3 Å². The van der Waals surface area contributed by atoms with Crippen molar-refractivity contribution in [3.05, 3.63) is 63.7 Å². The third kappa shape index (κ3) is 2.00. The molecule has 0 unspecified atom stereocenters. The van der Waals surface area contributed by atoms with Crippen molar-refractivity contribution in [3.8, 4) is 11.3 Å². The van der Waals surface area contributed by atoms with Crippen LogP contribution in [0.2, 0.25) is 5.02 Å². The molecule has 0 aliphatic heterocycles. The number of nitrogens with zero attached hydrogens (tertiary/aromatic N) is 1. The second-order valence-corrected chi connectivity index (χ2v) is 4.48. The van der Waals surface area contributed by atoms with Crippen LogP contribution in [0.5, 0.6) is 0 Å². The maximum atomic E-state index is 13.2. The lowest BCUT2D eigenvalue weighted by molar-refractivity contribution is 0.628. The van der Waals surface area contributed by atoms with Crippen molar-refractivity contribution >= 4 is 22.4 Å². The number of nitrogens with one attached hydrogen (secondary N) is 1. The average Bonchev–Trinajstić information content (AvgIpc) is 2.43. The predicted octanol–water partition coefficient (Wildman–Crippen LogP) is 3.38. The average molecular weight is 275 g/mol. The Morgan fingerprint density at radius 1 is 1.11 bits per heavy atom. The summed E-state index contributed by atoms with van der Waals surface area (Å²) in [7, 11) is 0. The van der Waals surface area contributed by atoms with Gasteiger partial charge in [-0.15, -0.1) is 0 Å². The first-order valence-electron chi connectivity index (χ1n) is 5.59. The maximum absolute atomic E-state index is 13.2. The van der Waals surface area contributed by atoms with Crippen LogP contribution in [0, 0.1) is 5.82 Å². The number of halogens is 2. The number of hydrogen-bond donors (Lipinski definition) is 1. The summed E-state index contributed by atoms with van der Waals surface area (Å²) in [5.41, 5.74) is 0.962. The fraction of sp³-hybridized carbons (Fsp3) is 0. The van der Waals surface area contributed by atoms with Crippen molar-refractivity contribution in [1.29, 1.82) is 0 Å². The highest BCUT2D eigenvalue weighted by Gasteiger charge is 2.10. The van der Waals surface area contributed by atoms with Gasteiger partial charge in [0, 0.05) is 10.9 Å². The highest BCUT2D eigenvalue weighted by atomic mass is 35.5. The topological polar surface area (TPSA) is 45.8 Å². The molecule has 0 aliphatic rings. The van der Waals surface area contributed by atoms with Crippen molar-refractivity contribution < 1.29 is 4.39 Å².